The van der Waals surface area contributed by atoms with Gasteiger partial charge < -0.3 is 10.5 Å². The van der Waals surface area contributed by atoms with Crippen molar-refractivity contribution in [2.24, 2.45) is 5.10 Å². The normalized spacial score (nSPS) is 18.2. The van der Waals surface area contributed by atoms with E-state index in [1.807, 2.05) is 0 Å². The van der Waals surface area contributed by atoms with Crippen molar-refractivity contribution < 1.29 is 9.90 Å². The van der Waals surface area contributed by atoms with E-state index in [4.69, 9.17) is 5.11 Å². The van der Waals surface area contributed by atoms with Gasteiger partial charge in [0.1, 0.15) is 6.21 Å². The van der Waals surface area contributed by atoms with E-state index >= 15 is 0 Å². The Balaban J connectivity index is 2.08. The fourth-order valence-corrected chi connectivity index (χ4v) is 0.410. The van der Waals surface area contributed by atoms with Gasteiger partial charge in [-0.3, -0.25) is 0 Å². The van der Waals surface area contributed by atoms with Crippen molar-refractivity contribution in [2.45, 2.75) is 18.9 Å². The molecule has 0 aromatic heterocycles. The Labute approximate surface area is 52.6 Å². The molecule has 0 saturated heterocycles. The van der Waals surface area contributed by atoms with Crippen molar-refractivity contribution in [1.82, 2.24) is 5.43 Å². The summed E-state index contributed by atoms with van der Waals surface area (Å²) in [6.07, 6.45) is 3.08. The molecule has 1 fully saturated rings. The number of carboxylic acids is 1. The third kappa shape index (κ3) is 2.69. The van der Waals surface area contributed by atoms with Crippen LogP contribution in [0, 0.1) is 0 Å². The minimum absolute atomic E-state index is 0.431. The van der Waals surface area contributed by atoms with E-state index in [1.54, 1.807) is 0 Å². The van der Waals surface area contributed by atoms with Gasteiger partial charge in [-0.1, -0.05) is 0 Å². The van der Waals surface area contributed by atoms with E-state index in [0.717, 1.165) is 19.1 Å². The molecular weight excluding hydrogens is 120 g/mol. The van der Waals surface area contributed by atoms with E-state index in [0.29, 0.717) is 6.04 Å². The molecular formula is C5H8N2O2. The number of nitrogens with one attached hydrogen (secondary N) is 1. The standard InChI is InChI=1S/C5H8N2O2/c8-5(9)3-6-7-4-1-2-4/h3-4,7H,1-2H2,(H,8,9). The minimum Gasteiger partial charge on any atom is -0.477 e. The first-order valence-corrected chi connectivity index (χ1v) is 2.80. The van der Waals surface area contributed by atoms with Crippen LogP contribution in [-0.4, -0.2) is 23.3 Å². The molecule has 1 rings (SSSR count). The molecule has 9 heavy (non-hydrogen) atoms. The monoisotopic (exact) mass is 128 g/mol. The van der Waals surface area contributed by atoms with Crippen LogP contribution in [-0.2, 0) is 4.79 Å². The van der Waals surface area contributed by atoms with Crippen molar-refractivity contribution in [3.63, 3.8) is 0 Å². The second kappa shape index (κ2) is 2.48. The fraction of sp³-hybridized carbons (Fsp3) is 0.600. The lowest BCUT2D eigenvalue weighted by Gasteiger charge is -1.89. The molecule has 0 heterocycles. The average Bonchev–Trinajstić information content (AvgIpc) is 2.48. The van der Waals surface area contributed by atoms with Crippen LogP contribution in [0.25, 0.3) is 0 Å². The molecule has 0 aromatic carbocycles. The minimum atomic E-state index is -1.01. The SMILES string of the molecule is O=C(O)C=NNC1CC1. The number of rotatable bonds is 3. The zero-order chi connectivity index (χ0) is 6.69. The number of hydrogen-bond donors (Lipinski definition) is 2. The smallest absolute Gasteiger partial charge is 0.348 e. The lowest BCUT2D eigenvalue weighted by atomic mass is 10.7. The highest BCUT2D eigenvalue weighted by Gasteiger charge is 2.19. The van der Waals surface area contributed by atoms with Gasteiger partial charge in [0.05, 0.1) is 0 Å². The van der Waals surface area contributed by atoms with Gasteiger partial charge in [-0.2, -0.15) is 5.10 Å². The molecule has 0 atom stereocenters. The zero-order valence-corrected chi connectivity index (χ0v) is 4.87. The topological polar surface area (TPSA) is 61.7 Å². The third-order valence-corrected chi connectivity index (χ3v) is 1.01. The van der Waals surface area contributed by atoms with Crippen LogP contribution in [0.5, 0.6) is 0 Å². The number of nitrogens with zero attached hydrogens (tertiary/aromatic N) is 1. The van der Waals surface area contributed by atoms with Crippen LogP contribution in [0.1, 0.15) is 12.8 Å². The summed E-state index contributed by atoms with van der Waals surface area (Å²) in [6.45, 7) is 0. The number of hydrazone groups is 1. The molecule has 0 amide bonds. The molecule has 1 saturated carbocycles. The van der Waals surface area contributed by atoms with E-state index in [-0.39, 0.29) is 0 Å². The first kappa shape index (κ1) is 6.07. The second-order valence-corrected chi connectivity index (χ2v) is 2.00. The number of carboxylic acid groups (broad SMARTS) is 1. The average molecular weight is 128 g/mol. The Morgan fingerprint density at radius 1 is 1.78 bits per heavy atom. The van der Waals surface area contributed by atoms with Crippen LogP contribution in [0.4, 0.5) is 0 Å². The van der Waals surface area contributed by atoms with Crippen LogP contribution in [0.3, 0.4) is 0 Å². The molecule has 4 heteroatoms. The maximum Gasteiger partial charge on any atom is 0.348 e. The molecule has 0 radical (unpaired) electrons. The van der Waals surface area contributed by atoms with Gasteiger partial charge >= 0.3 is 5.97 Å². The maximum atomic E-state index is 9.81. The third-order valence-electron chi connectivity index (χ3n) is 1.01. The summed E-state index contributed by atoms with van der Waals surface area (Å²) < 4.78 is 0. The van der Waals surface area contributed by atoms with E-state index in [2.05, 4.69) is 10.5 Å². The number of aliphatic carboxylic acids is 1. The van der Waals surface area contributed by atoms with Crippen molar-refractivity contribution >= 4 is 12.2 Å². The molecule has 0 spiro atoms. The molecule has 0 aromatic rings. The molecule has 2 N–H and O–H groups in total. The quantitative estimate of drug-likeness (QED) is 0.409. The summed E-state index contributed by atoms with van der Waals surface area (Å²) in [5, 5.41) is 11.5. The highest BCUT2D eigenvalue weighted by Crippen LogP contribution is 2.17. The summed E-state index contributed by atoms with van der Waals surface area (Å²) in [4.78, 5) is 9.81. The summed E-state index contributed by atoms with van der Waals surface area (Å²) in [6, 6.07) is 0.431. The van der Waals surface area contributed by atoms with Crippen molar-refractivity contribution in [1.29, 1.82) is 0 Å². The van der Waals surface area contributed by atoms with Gasteiger partial charge in [-0.25, -0.2) is 4.79 Å². The molecule has 50 valence electrons. The first-order chi connectivity index (χ1) is 4.29. The summed E-state index contributed by atoms with van der Waals surface area (Å²) in [7, 11) is 0. The van der Waals surface area contributed by atoms with Crippen LogP contribution >= 0.6 is 0 Å². The van der Waals surface area contributed by atoms with Gasteiger partial charge in [0.2, 0.25) is 0 Å². The Hall–Kier alpha value is -1.06. The van der Waals surface area contributed by atoms with Crippen molar-refractivity contribution in [3.8, 4) is 0 Å². The predicted octanol–water partition coefficient (Wildman–Crippen LogP) is -0.191. The number of carbonyl (C=O) groups is 1. The maximum absolute atomic E-state index is 9.81. The summed E-state index contributed by atoms with van der Waals surface area (Å²) in [5.74, 6) is -1.01. The highest BCUT2D eigenvalue weighted by molar-refractivity contribution is 6.21. The molecule has 1 aliphatic rings. The van der Waals surface area contributed by atoms with Gasteiger partial charge in [-0.15, -0.1) is 0 Å². The molecule has 1 aliphatic carbocycles. The Morgan fingerprint density at radius 3 is 2.89 bits per heavy atom. The molecule has 0 unspecified atom stereocenters. The first-order valence-electron chi connectivity index (χ1n) is 2.80. The van der Waals surface area contributed by atoms with Gasteiger partial charge in [0.25, 0.3) is 0 Å². The van der Waals surface area contributed by atoms with E-state index in [1.165, 1.54) is 0 Å². The fourth-order valence-electron chi connectivity index (χ4n) is 0.410. The summed E-state index contributed by atoms with van der Waals surface area (Å²) in [5.41, 5.74) is 2.68. The van der Waals surface area contributed by atoms with Crippen LogP contribution in [0.15, 0.2) is 5.10 Å². The van der Waals surface area contributed by atoms with Crippen LogP contribution in [0.2, 0.25) is 0 Å². The lowest BCUT2D eigenvalue weighted by molar-refractivity contribution is -0.128. The lowest BCUT2D eigenvalue weighted by Crippen LogP contribution is -2.09. The summed E-state index contributed by atoms with van der Waals surface area (Å²) >= 11 is 0. The Bertz CT molecular complexity index is 140. The Morgan fingerprint density at radius 2 is 2.44 bits per heavy atom. The Kier molecular flexibility index (Phi) is 1.67. The van der Waals surface area contributed by atoms with E-state index < -0.39 is 5.97 Å². The van der Waals surface area contributed by atoms with E-state index in [9.17, 15) is 4.79 Å². The van der Waals surface area contributed by atoms with Crippen LogP contribution < -0.4 is 5.43 Å². The molecule has 0 aliphatic heterocycles. The molecule has 4 nitrogen and oxygen atoms in total. The molecule has 0 bridgehead atoms. The highest BCUT2D eigenvalue weighted by atomic mass is 16.4. The number of hydrogen-bond acceptors (Lipinski definition) is 3. The second-order valence-electron chi connectivity index (χ2n) is 2.00. The largest absolute Gasteiger partial charge is 0.477 e. The van der Waals surface area contributed by atoms with Gasteiger partial charge in [0, 0.05) is 6.04 Å². The van der Waals surface area contributed by atoms with Gasteiger partial charge in [0.15, 0.2) is 0 Å². The zero-order valence-electron chi connectivity index (χ0n) is 4.87. The predicted molar refractivity (Wildman–Crippen MR) is 32.3 cm³/mol. The van der Waals surface area contributed by atoms with Crippen molar-refractivity contribution in [2.75, 3.05) is 0 Å². The van der Waals surface area contributed by atoms with Crippen molar-refractivity contribution in [3.05, 3.63) is 0 Å². The van der Waals surface area contributed by atoms with Gasteiger partial charge in [-0.05, 0) is 12.8 Å².